The van der Waals surface area contributed by atoms with Crippen molar-refractivity contribution in [3.63, 3.8) is 0 Å². The standard InChI is InChI=1S/C24H31BN2O5S/c1-10-11-6-7-13-22-9-30-24(23(13,16(10)28)18(11)31-21(4,5)32-24)17(29)14(22)20(2,3)8-12-15(22)26-19(27-25)33-12/h11,13-14,17-18,29H,1,6-9,25H2,2-5H3,(H,26,27)/t11-,13?,14?,17-,18+,22-,23-,24?/m0/s1. The third kappa shape index (κ3) is 1.96. The molecule has 7 aliphatic rings. The molecule has 8 rings (SSSR count). The molecule has 0 radical (unpaired) electrons. The van der Waals surface area contributed by atoms with Gasteiger partial charge in [0.1, 0.15) is 11.5 Å². The maximum absolute atomic E-state index is 14.2. The Kier molecular flexibility index (Phi) is 3.67. The van der Waals surface area contributed by atoms with Crippen LogP contribution in [0.2, 0.25) is 0 Å². The third-order valence-electron chi connectivity index (χ3n) is 9.85. The van der Waals surface area contributed by atoms with Crippen LogP contribution in [-0.2, 0) is 30.8 Å². The number of nitrogens with one attached hydrogen (secondary N) is 1. The van der Waals surface area contributed by atoms with Crippen LogP contribution in [-0.4, -0.2) is 54.2 Å². The monoisotopic (exact) mass is 470 g/mol. The molecule has 3 aliphatic heterocycles. The first kappa shape index (κ1) is 21.1. The predicted octanol–water partition coefficient (Wildman–Crippen LogP) is 1.94. The number of fused-ring (bicyclic) bond motifs is 2. The quantitative estimate of drug-likeness (QED) is 0.479. The molecule has 8 atom stereocenters. The highest BCUT2D eigenvalue weighted by Gasteiger charge is 2.89. The Hall–Kier alpha value is -1.26. The second kappa shape index (κ2) is 5.76. The molecular weight excluding hydrogens is 439 g/mol. The van der Waals surface area contributed by atoms with Crippen LogP contribution in [0.3, 0.4) is 0 Å². The van der Waals surface area contributed by atoms with Crippen molar-refractivity contribution in [2.75, 3.05) is 11.8 Å². The number of carbonyl (C=O) groups excluding carboxylic acids is 1. The Morgan fingerprint density at radius 3 is 2.76 bits per heavy atom. The molecule has 1 aromatic rings. The zero-order valence-corrected chi connectivity index (χ0v) is 20.7. The van der Waals surface area contributed by atoms with Gasteiger partial charge in [0, 0.05) is 22.1 Å². The Morgan fingerprint density at radius 2 is 2.03 bits per heavy atom. The fraction of sp³-hybridized carbons (Fsp3) is 0.750. The first-order chi connectivity index (χ1) is 15.5. The van der Waals surface area contributed by atoms with E-state index in [0.29, 0.717) is 12.2 Å². The van der Waals surface area contributed by atoms with Crippen LogP contribution in [0.25, 0.3) is 0 Å². The number of aliphatic hydroxyl groups excluding tert-OH is 1. The summed E-state index contributed by atoms with van der Waals surface area (Å²) in [4.78, 5) is 20.5. The number of ether oxygens (including phenoxy) is 3. The molecule has 9 heteroatoms. The number of rotatable bonds is 1. The van der Waals surface area contributed by atoms with E-state index in [4.69, 9.17) is 19.2 Å². The lowest BCUT2D eigenvalue weighted by Crippen LogP contribution is -2.88. The van der Waals surface area contributed by atoms with Gasteiger partial charge in [-0.25, -0.2) is 4.98 Å². The molecule has 176 valence electrons. The molecular formula is C24H31BN2O5S. The number of thiazole rings is 1. The Morgan fingerprint density at radius 1 is 1.27 bits per heavy atom. The molecule has 1 aromatic heterocycles. The fourth-order valence-electron chi connectivity index (χ4n) is 9.18. The summed E-state index contributed by atoms with van der Waals surface area (Å²) in [5, 5.41) is 16.4. The van der Waals surface area contributed by atoms with Gasteiger partial charge in [-0.15, -0.1) is 11.3 Å². The fourth-order valence-corrected chi connectivity index (χ4v) is 10.4. The number of hydrogen-bond donors (Lipinski definition) is 2. The number of nitrogens with zero attached hydrogens (tertiary/aromatic N) is 1. The van der Waals surface area contributed by atoms with Crippen molar-refractivity contribution in [3.05, 3.63) is 22.7 Å². The van der Waals surface area contributed by atoms with Crippen LogP contribution in [0.4, 0.5) is 5.13 Å². The second-order valence-corrected chi connectivity index (χ2v) is 13.2. The first-order valence-electron chi connectivity index (χ1n) is 12.1. The van der Waals surface area contributed by atoms with E-state index in [1.807, 2.05) is 21.8 Å². The van der Waals surface area contributed by atoms with E-state index in [9.17, 15) is 9.90 Å². The summed E-state index contributed by atoms with van der Waals surface area (Å²) < 4.78 is 19.8. The Balaban J connectivity index is 1.58. The average Bonchev–Trinajstić information content (AvgIpc) is 3.19. The molecule has 3 saturated heterocycles. The molecule has 4 heterocycles. The zero-order valence-electron chi connectivity index (χ0n) is 19.9. The average molecular weight is 470 g/mol. The van der Waals surface area contributed by atoms with Gasteiger partial charge in [0.25, 0.3) is 0 Å². The van der Waals surface area contributed by atoms with Gasteiger partial charge in [-0.3, -0.25) is 4.79 Å². The normalized spacial score (nSPS) is 49.9. The van der Waals surface area contributed by atoms with Crippen molar-refractivity contribution < 1.29 is 24.1 Å². The van der Waals surface area contributed by atoms with E-state index >= 15 is 0 Å². The van der Waals surface area contributed by atoms with Gasteiger partial charge < -0.3 is 24.5 Å². The molecule has 4 aliphatic carbocycles. The van der Waals surface area contributed by atoms with Crippen LogP contribution < -0.4 is 5.23 Å². The minimum Gasteiger partial charge on any atom is -0.411 e. The van der Waals surface area contributed by atoms with E-state index in [2.05, 4.69) is 25.7 Å². The lowest BCUT2D eigenvalue weighted by molar-refractivity contribution is -0.519. The minimum absolute atomic E-state index is 0.0407. The number of ketones is 1. The lowest BCUT2D eigenvalue weighted by atomic mass is 9.36. The molecule has 3 unspecified atom stereocenters. The maximum atomic E-state index is 14.2. The molecule has 0 amide bonds. The molecule has 3 saturated carbocycles. The highest BCUT2D eigenvalue weighted by molar-refractivity contribution is 7.16. The summed E-state index contributed by atoms with van der Waals surface area (Å²) in [6.07, 6.45) is 1.12. The van der Waals surface area contributed by atoms with E-state index in [0.717, 1.165) is 30.1 Å². The molecule has 33 heavy (non-hydrogen) atoms. The van der Waals surface area contributed by atoms with Crippen molar-refractivity contribution in [2.45, 2.75) is 76.2 Å². The summed E-state index contributed by atoms with van der Waals surface area (Å²) in [5.41, 5.74) is -0.310. The van der Waals surface area contributed by atoms with Crippen molar-refractivity contribution >= 4 is 30.2 Å². The molecule has 3 spiro atoms. The summed E-state index contributed by atoms with van der Waals surface area (Å²) in [7, 11) is 1.89. The van der Waals surface area contributed by atoms with E-state index in [1.165, 1.54) is 4.88 Å². The number of aliphatic hydroxyl groups is 1. The SMILES string of the molecule is BNc1nc2c(s1)CC(C)(C)C1[C@H](O)C34OC[C@@]21C1CC[C@H]2C(=C)C(=O)[C@]13[C@@H]2OC(C)(C)O4. The van der Waals surface area contributed by atoms with Crippen LogP contribution in [0.15, 0.2) is 12.2 Å². The van der Waals surface area contributed by atoms with Gasteiger partial charge in [-0.1, -0.05) is 20.4 Å². The molecule has 6 fully saturated rings. The van der Waals surface area contributed by atoms with E-state index < -0.39 is 34.6 Å². The van der Waals surface area contributed by atoms with Gasteiger partial charge >= 0.3 is 0 Å². The summed E-state index contributed by atoms with van der Waals surface area (Å²) in [6.45, 7) is 12.8. The summed E-state index contributed by atoms with van der Waals surface area (Å²) in [5.74, 6) is -2.79. The highest BCUT2D eigenvalue weighted by atomic mass is 32.1. The predicted molar refractivity (Wildman–Crippen MR) is 124 cm³/mol. The summed E-state index contributed by atoms with van der Waals surface area (Å²) in [6, 6.07) is 0. The van der Waals surface area contributed by atoms with Crippen molar-refractivity contribution in [3.8, 4) is 0 Å². The smallest absolute Gasteiger partial charge is 0.216 e. The first-order valence-corrected chi connectivity index (χ1v) is 12.9. The van der Waals surface area contributed by atoms with E-state index in [-0.39, 0.29) is 29.0 Å². The highest BCUT2D eigenvalue weighted by Crippen LogP contribution is 2.78. The number of anilines is 1. The maximum Gasteiger partial charge on any atom is 0.216 e. The van der Waals surface area contributed by atoms with Crippen LogP contribution in [0.5, 0.6) is 0 Å². The van der Waals surface area contributed by atoms with Crippen molar-refractivity contribution in [1.82, 2.24) is 4.98 Å². The number of aromatic nitrogens is 1. The second-order valence-electron chi connectivity index (χ2n) is 12.1. The number of carbonyl (C=O) groups is 1. The van der Waals surface area contributed by atoms with Gasteiger partial charge in [0.05, 0.1) is 18.4 Å². The van der Waals surface area contributed by atoms with Crippen LogP contribution >= 0.6 is 11.3 Å². The van der Waals surface area contributed by atoms with Gasteiger partial charge in [-0.05, 0) is 50.0 Å². The largest absolute Gasteiger partial charge is 0.411 e. The molecule has 0 aromatic carbocycles. The molecule has 7 nitrogen and oxygen atoms in total. The summed E-state index contributed by atoms with van der Waals surface area (Å²) >= 11 is 1.68. The Bertz CT molecular complexity index is 1130. The topological polar surface area (TPSA) is 89.9 Å². The minimum atomic E-state index is -1.44. The third-order valence-corrected chi connectivity index (χ3v) is 10.9. The van der Waals surface area contributed by atoms with Gasteiger partial charge in [-0.2, -0.15) is 0 Å². The van der Waals surface area contributed by atoms with Gasteiger partial charge in [0.2, 0.25) is 13.8 Å². The van der Waals surface area contributed by atoms with E-state index in [1.54, 1.807) is 11.3 Å². The molecule has 2 N–H and O–H groups in total. The Labute approximate surface area is 198 Å². The van der Waals surface area contributed by atoms with Crippen molar-refractivity contribution in [2.24, 2.45) is 28.6 Å². The zero-order chi connectivity index (χ0) is 23.3. The van der Waals surface area contributed by atoms with Crippen molar-refractivity contribution in [1.29, 1.82) is 0 Å². The van der Waals surface area contributed by atoms with Crippen LogP contribution in [0.1, 0.15) is 51.1 Å². The molecule has 4 bridgehead atoms. The van der Waals surface area contributed by atoms with Gasteiger partial charge in [0.15, 0.2) is 16.7 Å². The number of Topliss-reactive ketones (excluding diaryl/α,β-unsaturated/α-hetero) is 1. The van der Waals surface area contributed by atoms with Crippen LogP contribution in [0, 0.1) is 28.6 Å². The lowest BCUT2D eigenvalue weighted by Gasteiger charge is -2.76. The number of hydrogen-bond acceptors (Lipinski definition) is 8.